The molecular weight excluding hydrogens is 270 g/mol. The van der Waals surface area contributed by atoms with E-state index in [1.807, 2.05) is 13.0 Å². The first kappa shape index (κ1) is 15.5. The lowest BCUT2D eigenvalue weighted by Crippen LogP contribution is -2.37. The normalized spacial score (nSPS) is 21.1. The van der Waals surface area contributed by atoms with Gasteiger partial charge in [-0.3, -0.25) is 9.59 Å². The van der Waals surface area contributed by atoms with Crippen LogP contribution >= 0.6 is 0 Å². The van der Waals surface area contributed by atoms with Crippen LogP contribution < -0.4 is 16.4 Å². The number of ether oxygens (including phenoxy) is 1. The Morgan fingerprint density at radius 3 is 2.52 bits per heavy atom. The lowest BCUT2D eigenvalue weighted by molar-refractivity contribution is -0.120. The van der Waals surface area contributed by atoms with Crippen LogP contribution in [0.5, 0.6) is 0 Å². The zero-order valence-electron chi connectivity index (χ0n) is 12.3. The van der Waals surface area contributed by atoms with E-state index in [1.165, 1.54) is 0 Å². The number of carbonyl (C=O) groups is 2. The number of carbonyl (C=O) groups excluding carboxylic acids is 2. The molecule has 6 nitrogen and oxygen atoms in total. The van der Waals surface area contributed by atoms with Gasteiger partial charge in [0.15, 0.2) is 0 Å². The molecule has 2 atom stereocenters. The van der Waals surface area contributed by atoms with Gasteiger partial charge in [0.2, 0.25) is 11.8 Å². The summed E-state index contributed by atoms with van der Waals surface area (Å²) >= 11 is 0. The molecule has 1 heterocycles. The number of hydrogen-bond donors (Lipinski definition) is 3. The van der Waals surface area contributed by atoms with Crippen molar-refractivity contribution in [2.75, 3.05) is 23.8 Å². The van der Waals surface area contributed by atoms with E-state index in [1.54, 1.807) is 19.1 Å². The summed E-state index contributed by atoms with van der Waals surface area (Å²) in [7, 11) is 0. The van der Waals surface area contributed by atoms with Crippen molar-refractivity contribution in [1.29, 1.82) is 0 Å². The molecule has 0 saturated carbocycles. The van der Waals surface area contributed by atoms with Crippen molar-refractivity contribution >= 4 is 23.2 Å². The molecule has 114 valence electrons. The highest BCUT2D eigenvalue weighted by molar-refractivity contribution is 5.97. The summed E-state index contributed by atoms with van der Waals surface area (Å²) in [5.74, 6) is -0.548. The van der Waals surface area contributed by atoms with Gasteiger partial charge in [0.25, 0.3) is 0 Å². The number of nitrogens with two attached hydrogens (primary N) is 1. The Kier molecular flexibility index (Phi) is 4.93. The summed E-state index contributed by atoms with van der Waals surface area (Å²) in [4.78, 5) is 23.7. The van der Waals surface area contributed by atoms with E-state index in [4.69, 9.17) is 10.5 Å². The molecule has 0 aromatic heterocycles. The SMILES string of the molecule is CCC(=O)Nc1cccc(NC(=O)C2COCC2N)c1C. The summed E-state index contributed by atoms with van der Waals surface area (Å²) < 4.78 is 5.21. The largest absolute Gasteiger partial charge is 0.379 e. The maximum atomic E-state index is 12.2. The van der Waals surface area contributed by atoms with Crippen molar-refractivity contribution in [3.63, 3.8) is 0 Å². The van der Waals surface area contributed by atoms with Gasteiger partial charge in [0.05, 0.1) is 19.1 Å². The van der Waals surface area contributed by atoms with E-state index < -0.39 is 0 Å². The molecule has 0 aliphatic carbocycles. The fourth-order valence-corrected chi connectivity index (χ4v) is 2.21. The predicted octanol–water partition coefficient (Wildman–Crippen LogP) is 1.26. The standard InChI is InChI=1S/C15H21N3O3/c1-3-14(19)17-12-5-4-6-13(9(12)2)18-15(20)10-7-21-8-11(10)16/h4-6,10-11H,3,7-8,16H2,1-2H3,(H,17,19)(H,18,20). The third-order valence-corrected chi connectivity index (χ3v) is 3.65. The van der Waals surface area contributed by atoms with Gasteiger partial charge in [-0.25, -0.2) is 0 Å². The van der Waals surface area contributed by atoms with E-state index in [0.29, 0.717) is 31.0 Å². The molecule has 4 N–H and O–H groups in total. The zero-order chi connectivity index (χ0) is 15.4. The summed E-state index contributed by atoms with van der Waals surface area (Å²) in [6, 6.07) is 5.13. The van der Waals surface area contributed by atoms with Gasteiger partial charge < -0.3 is 21.1 Å². The van der Waals surface area contributed by atoms with Crippen molar-refractivity contribution in [2.24, 2.45) is 11.7 Å². The van der Waals surface area contributed by atoms with Gasteiger partial charge >= 0.3 is 0 Å². The van der Waals surface area contributed by atoms with E-state index in [9.17, 15) is 9.59 Å². The zero-order valence-corrected chi connectivity index (χ0v) is 12.3. The summed E-state index contributed by atoms with van der Waals surface area (Å²) in [5, 5.41) is 5.68. The number of benzene rings is 1. The first-order valence-electron chi connectivity index (χ1n) is 7.06. The molecule has 21 heavy (non-hydrogen) atoms. The quantitative estimate of drug-likeness (QED) is 0.778. The number of anilines is 2. The van der Waals surface area contributed by atoms with Crippen LogP contribution in [0.1, 0.15) is 18.9 Å². The van der Waals surface area contributed by atoms with Crippen molar-refractivity contribution in [2.45, 2.75) is 26.3 Å². The Morgan fingerprint density at radius 2 is 1.95 bits per heavy atom. The monoisotopic (exact) mass is 291 g/mol. The van der Waals surface area contributed by atoms with Crippen LogP contribution in [0.15, 0.2) is 18.2 Å². The van der Waals surface area contributed by atoms with Gasteiger partial charge in [-0.15, -0.1) is 0 Å². The second-order valence-corrected chi connectivity index (χ2v) is 5.18. The predicted molar refractivity (Wildman–Crippen MR) is 81.0 cm³/mol. The van der Waals surface area contributed by atoms with Crippen LogP contribution in [0.25, 0.3) is 0 Å². The van der Waals surface area contributed by atoms with E-state index in [2.05, 4.69) is 10.6 Å². The highest BCUT2D eigenvalue weighted by atomic mass is 16.5. The lowest BCUT2D eigenvalue weighted by Gasteiger charge is -2.16. The topological polar surface area (TPSA) is 93.5 Å². The van der Waals surface area contributed by atoms with E-state index >= 15 is 0 Å². The first-order chi connectivity index (χ1) is 10.0. The molecule has 1 aromatic carbocycles. The molecular formula is C15H21N3O3. The van der Waals surface area contributed by atoms with Crippen LogP contribution in [-0.4, -0.2) is 31.1 Å². The molecule has 0 spiro atoms. The van der Waals surface area contributed by atoms with Gasteiger partial charge in [-0.1, -0.05) is 13.0 Å². The Hall–Kier alpha value is -1.92. The molecule has 1 fully saturated rings. The van der Waals surface area contributed by atoms with Crippen LogP contribution in [0.2, 0.25) is 0 Å². The molecule has 6 heteroatoms. The average molecular weight is 291 g/mol. The Morgan fingerprint density at radius 1 is 1.29 bits per heavy atom. The Labute approximate surface area is 124 Å². The smallest absolute Gasteiger partial charge is 0.231 e. The van der Waals surface area contributed by atoms with Crippen molar-refractivity contribution in [3.8, 4) is 0 Å². The molecule has 0 radical (unpaired) electrons. The molecule has 1 saturated heterocycles. The minimum atomic E-state index is -0.335. The van der Waals surface area contributed by atoms with Crippen molar-refractivity contribution < 1.29 is 14.3 Å². The van der Waals surface area contributed by atoms with Crippen LogP contribution in [0.3, 0.4) is 0 Å². The second kappa shape index (κ2) is 6.69. The number of hydrogen-bond acceptors (Lipinski definition) is 4. The number of rotatable bonds is 4. The van der Waals surface area contributed by atoms with Gasteiger partial charge in [-0.2, -0.15) is 0 Å². The van der Waals surface area contributed by atoms with Crippen LogP contribution in [0, 0.1) is 12.8 Å². The van der Waals surface area contributed by atoms with E-state index in [0.717, 1.165) is 5.56 Å². The summed E-state index contributed by atoms with van der Waals surface area (Å²) in [5.41, 5.74) is 8.04. The number of nitrogens with one attached hydrogen (secondary N) is 2. The van der Waals surface area contributed by atoms with Crippen LogP contribution in [0.4, 0.5) is 11.4 Å². The average Bonchev–Trinajstić information content (AvgIpc) is 2.89. The maximum Gasteiger partial charge on any atom is 0.231 e. The lowest BCUT2D eigenvalue weighted by atomic mass is 10.0. The minimum absolute atomic E-state index is 0.0622. The summed E-state index contributed by atoms with van der Waals surface area (Å²) in [6.07, 6.45) is 0.407. The fourth-order valence-electron chi connectivity index (χ4n) is 2.21. The summed E-state index contributed by atoms with van der Waals surface area (Å²) in [6.45, 7) is 4.39. The van der Waals surface area contributed by atoms with Crippen LogP contribution in [-0.2, 0) is 14.3 Å². The molecule has 2 rings (SSSR count). The second-order valence-electron chi connectivity index (χ2n) is 5.18. The fraction of sp³-hybridized carbons (Fsp3) is 0.467. The molecule has 0 bridgehead atoms. The maximum absolute atomic E-state index is 12.2. The molecule has 2 amide bonds. The third kappa shape index (κ3) is 3.59. The molecule has 1 aromatic rings. The minimum Gasteiger partial charge on any atom is -0.379 e. The Bertz CT molecular complexity index is 545. The number of amides is 2. The highest BCUT2D eigenvalue weighted by Crippen LogP contribution is 2.24. The highest BCUT2D eigenvalue weighted by Gasteiger charge is 2.31. The molecule has 2 unspecified atom stereocenters. The van der Waals surface area contributed by atoms with Crippen molar-refractivity contribution in [3.05, 3.63) is 23.8 Å². The van der Waals surface area contributed by atoms with Gasteiger partial charge in [0, 0.05) is 23.8 Å². The first-order valence-corrected chi connectivity index (χ1v) is 7.06. The van der Waals surface area contributed by atoms with Crippen molar-refractivity contribution in [1.82, 2.24) is 0 Å². The Balaban J connectivity index is 2.11. The van der Waals surface area contributed by atoms with E-state index in [-0.39, 0.29) is 23.8 Å². The van der Waals surface area contributed by atoms with Gasteiger partial charge in [0.1, 0.15) is 0 Å². The van der Waals surface area contributed by atoms with Gasteiger partial charge in [-0.05, 0) is 24.6 Å². The molecule has 1 aliphatic rings. The molecule has 1 aliphatic heterocycles. The third-order valence-electron chi connectivity index (χ3n) is 3.65.